The van der Waals surface area contributed by atoms with Crippen LogP contribution in [0.4, 0.5) is 0 Å². The van der Waals surface area contributed by atoms with Crippen molar-refractivity contribution in [2.45, 2.75) is 33.6 Å². The Labute approximate surface area is 111 Å². The molecular weight excluding hydrogens is 301 g/mol. The highest BCUT2D eigenvalue weighted by Gasteiger charge is 2.17. The Morgan fingerprint density at radius 3 is 2.40 bits per heavy atom. The largest absolute Gasteiger partial charge is 0.357 e. The molecule has 1 saturated heterocycles. The van der Waals surface area contributed by atoms with Gasteiger partial charge in [0.1, 0.15) is 0 Å². The lowest BCUT2D eigenvalue weighted by Gasteiger charge is -2.32. The summed E-state index contributed by atoms with van der Waals surface area (Å²) in [6, 6.07) is 0. The monoisotopic (exact) mass is 325 g/mol. The van der Waals surface area contributed by atoms with Crippen molar-refractivity contribution in [1.29, 1.82) is 0 Å². The summed E-state index contributed by atoms with van der Waals surface area (Å²) in [5.74, 6) is 1.98. The minimum atomic E-state index is 0. The van der Waals surface area contributed by atoms with Crippen molar-refractivity contribution in [3.05, 3.63) is 0 Å². The number of likely N-dealkylation sites (tertiary alicyclic amines) is 1. The highest BCUT2D eigenvalue weighted by Crippen LogP contribution is 2.15. The molecule has 1 rings (SSSR count). The minimum absolute atomic E-state index is 0. The molecule has 1 aliphatic heterocycles. The van der Waals surface area contributed by atoms with Crippen molar-refractivity contribution in [3.63, 3.8) is 0 Å². The Kier molecular flexibility index (Phi) is 8.19. The van der Waals surface area contributed by atoms with E-state index in [-0.39, 0.29) is 24.0 Å². The zero-order chi connectivity index (χ0) is 10.4. The maximum absolute atomic E-state index is 4.49. The lowest BCUT2D eigenvalue weighted by Crippen LogP contribution is -2.45. The van der Waals surface area contributed by atoms with Gasteiger partial charge in [0.05, 0.1) is 0 Å². The number of halogens is 1. The first kappa shape index (κ1) is 15.0. The average Bonchev–Trinajstić information content (AvgIpc) is 2.19. The van der Waals surface area contributed by atoms with Crippen LogP contribution in [0.25, 0.3) is 0 Å². The molecule has 0 bridgehead atoms. The molecule has 0 saturated carbocycles. The molecule has 0 spiro atoms. The maximum atomic E-state index is 4.49. The van der Waals surface area contributed by atoms with E-state index < -0.39 is 0 Å². The average molecular weight is 325 g/mol. The number of guanidine groups is 1. The maximum Gasteiger partial charge on any atom is 0.193 e. The molecular formula is C11H24IN3. The van der Waals surface area contributed by atoms with Crippen LogP contribution in [0.1, 0.15) is 33.6 Å². The first-order chi connectivity index (χ1) is 6.77. The third-order valence-corrected chi connectivity index (χ3v) is 2.73. The predicted octanol–water partition coefficient (Wildman–Crippen LogP) is 2.32. The van der Waals surface area contributed by atoms with E-state index in [0.717, 1.165) is 38.1 Å². The smallest absolute Gasteiger partial charge is 0.193 e. The van der Waals surface area contributed by atoms with Crippen LogP contribution >= 0.6 is 24.0 Å². The predicted molar refractivity (Wildman–Crippen MR) is 77.0 cm³/mol. The van der Waals surface area contributed by atoms with Crippen LogP contribution in [0.5, 0.6) is 0 Å². The molecule has 0 aromatic carbocycles. The second-order valence-corrected chi connectivity index (χ2v) is 4.00. The third kappa shape index (κ3) is 5.04. The summed E-state index contributed by atoms with van der Waals surface area (Å²) < 4.78 is 0. The number of nitrogens with zero attached hydrogens (tertiary/aromatic N) is 2. The number of aliphatic imine (C=N–C) groups is 1. The first-order valence-electron chi connectivity index (χ1n) is 5.81. The summed E-state index contributed by atoms with van der Waals surface area (Å²) in [5.41, 5.74) is 0. The molecule has 15 heavy (non-hydrogen) atoms. The highest BCUT2D eigenvalue weighted by molar-refractivity contribution is 14.0. The van der Waals surface area contributed by atoms with Crippen molar-refractivity contribution >= 4 is 29.9 Å². The molecule has 1 fully saturated rings. The molecule has 4 heteroatoms. The summed E-state index contributed by atoms with van der Waals surface area (Å²) >= 11 is 0. The van der Waals surface area contributed by atoms with Crippen LogP contribution in [0.15, 0.2) is 4.99 Å². The van der Waals surface area contributed by atoms with E-state index in [1.165, 1.54) is 12.8 Å². The number of piperidine rings is 1. The third-order valence-electron chi connectivity index (χ3n) is 2.73. The molecule has 0 radical (unpaired) electrons. The van der Waals surface area contributed by atoms with Gasteiger partial charge in [-0.05, 0) is 32.6 Å². The lowest BCUT2D eigenvalue weighted by atomic mass is 10.00. The van der Waals surface area contributed by atoms with Crippen molar-refractivity contribution in [2.75, 3.05) is 26.2 Å². The van der Waals surface area contributed by atoms with Crippen LogP contribution in [0.2, 0.25) is 0 Å². The Balaban J connectivity index is 0.00000196. The van der Waals surface area contributed by atoms with Crippen LogP contribution in [0, 0.1) is 5.92 Å². The first-order valence-corrected chi connectivity index (χ1v) is 5.81. The van der Waals surface area contributed by atoms with Gasteiger partial charge in [-0.3, -0.25) is 4.99 Å². The number of hydrogen-bond donors (Lipinski definition) is 1. The van der Waals surface area contributed by atoms with Gasteiger partial charge < -0.3 is 10.2 Å². The molecule has 0 amide bonds. The summed E-state index contributed by atoms with van der Waals surface area (Å²) in [4.78, 5) is 6.88. The summed E-state index contributed by atoms with van der Waals surface area (Å²) in [6.45, 7) is 10.7. The van der Waals surface area contributed by atoms with Gasteiger partial charge in [-0.2, -0.15) is 0 Å². The van der Waals surface area contributed by atoms with E-state index in [0.29, 0.717) is 0 Å². The molecule has 0 aromatic rings. The van der Waals surface area contributed by atoms with Crippen molar-refractivity contribution in [3.8, 4) is 0 Å². The topological polar surface area (TPSA) is 27.6 Å². The molecule has 1 aliphatic rings. The fourth-order valence-corrected chi connectivity index (χ4v) is 1.80. The number of rotatable bonds is 2. The van der Waals surface area contributed by atoms with Crippen LogP contribution < -0.4 is 5.32 Å². The zero-order valence-corrected chi connectivity index (χ0v) is 12.5. The molecule has 0 unspecified atom stereocenters. The van der Waals surface area contributed by atoms with Crippen molar-refractivity contribution < 1.29 is 0 Å². The summed E-state index contributed by atoms with van der Waals surface area (Å²) in [7, 11) is 0. The number of hydrogen-bond acceptors (Lipinski definition) is 1. The quantitative estimate of drug-likeness (QED) is 0.479. The lowest BCUT2D eigenvalue weighted by molar-refractivity contribution is 0.273. The second-order valence-electron chi connectivity index (χ2n) is 4.00. The van der Waals surface area contributed by atoms with Crippen LogP contribution in [0.3, 0.4) is 0 Å². The van der Waals surface area contributed by atoms with Crippen molar-refractivity contribution in [2.24, 2.45) is 10.9 Å². The van der Waals surface area contributed by atoms with Gasteiger partial charge in [0.2, 0.25) is 0 Å². The zero-order valence-electron chi connectivity index (χ0n) is 10.1. The molecule has 1 N–H and O–H groups in total. The van der Waals surface area contributed by atoms with Gasteiger partial charge in [0.15, 0.2) is 5.96 Å². The van der Waals surface area contributed by atoms with Gasteiger partial charge in [0, 0.05) is 26.2 Å². The Hall–Kier alpha value is 0. The fraction of sp³-hybridized carbons (Fsp3) is 0.909. The van der Waals surface area contributed by atoms with E-state index in [1.54, 1.807) is 0 Å². The molecule has 0 aromatic heterocycles. The summed E-state index contributed by atoms with van der Waals surface area (Å²) in [6.07, 6.45) is 2.60. The van der Waals surface area contributed by atoms with Gasteiger partial charge in [0.25, 0.3) is 0 Å². The Morgan fingerprint density at radius 1 is 1.33 bits per heavy atom. The molecule has 0 aliphatic carbocycles. The molecule has 0 atom stereocenters. The molecule has 90 valence electrons. The molecule has 1 heterocycles. The normalized spacial score (nSPS) is 18.6. The Morgan fingerprint density at radius 2 is 1.93 bits per heavy atom. The standard InChI is InChI=1S/C11H23N3.HI/c1-4-12-11(13-5-2)14-8-6-10(3)7-9-14;/h10H,4-9H2,1-3H3,(H,12,13);1H. The van der Waals surface area contributed by atoms with Gasteiger partial charge in [-0.1, -0.05) is 6.92 Å². The second kappa shape index (κ2) is 8.19. The fourth-order valence-electron chi connectivity index (χ4n) is 1.80. The SMILES string of the molecule is CCN=C(NCC)N1CCC(C)CC1.I. The van der Waals surface area contributed by atoms with E-state index in [9.17, 15) is 0 Å². The Bertz CT molecular complexity index is 186. The van der Waals surface area contributed by atoms with Crippen LogP contribution in [-0.4, -0.2) is 37.0 Å². The summed E-state index contributed by atoms with van der Waals surface area (Å²) in [5, 5.41) is 3.34. The highest BCUT2D eigenvalue weighted by atomic mass is 127. The molecule has 3 nitrogen and oxygen atoms in total. The van der Waals surface area contributed by atoms with Gasteiger partial charge in [-0.25, -0.2) is 0 Å². The van der Waals surface area contributed by atoms with E-state index in [2.05, 4.69) is 36.0 Å². The minimum Gasteiger partial charge on any atom is -0.357 e. The van der Waals surface area contributed by atoms with Crippen LogP contribution in [-0.2, 0) is 0 Å². The number of nitrogens with one attached hydrogen (secondary N) is 1. The van der Waals surface area contributed by atoms with Crippen molar-refractivity contribution in [1.82, 2.24) is 10.2 Å². The van der Waals surface area contributed by atoms with E-state index in [4.69, 9.17) is 0 Å². The van der Waals surface area contributed by atoms with Gasteiger partial charge >= 0.3 is 0 Å². The van der Waals surface area contributed by atoms with Gasteiger partial charge in [-0.15, -0.1) is 24.0 Å². The van der Waals surface area contributed by atoms with E-state index >= 15 is 0 Å². The van der Waals surface area contributed by atoms with E-state index in [1.807, 2.05) is 0 Å².